The second-order valence-electron chi connectivity index (χ2n) is 4.86. The lowest BCUT2D eigenvalue weighted by molar-refractivity contribution is 0.209. The quantitative estimate of drug-likeness (QED) is 0.798. The van der Waals surface area contributed by atoms with E-state index in [9.17, 15) is 4.39 Å². The van der Waals surface area contributed by atoms with Crippen LogP contribution in [0.25, 0.3) is 0 Å². The van der Waals surface area contributed by atoms with Crippen LogP contribution in [0.3, 0.4) is 0 Å². The van der Waals surface area contributed by atoms with Crippen molar-refractivity contribution in [3.8, 4) is 0 Å². The van der Waals surface area contributed by atoms with E-state index >= 15 is 0 Å². The van der Waals surface area contributed by atoms with Gasteiger partial charge in [0.25, 0.3) is 0 Å². The Morgan fingerprint density at radius 2 is 1.76 bits per heavy atom. The van der Waals surface area contributed by atoms with E-state index < -0.39 is 0 Å². The first kappa shape index (κ1) is 12.2. The Morgan fingerprint density at radius 3 is 2.29 bits per heavy atom. The topological polar surface area (TPSA) is 32.5 Å². The van der Waals surface area contributed by atoms with Crippen LogP contribution in [0.2, 0.25) is 0 Å². The number of rotatable bonds is 2. The van der Waals surface area contributed by atoms with Crippen molar-refractivity contribution in [3.05, 3.63) is 24.0 Å². The largest absolute Gasteiger partial charge is 0.399 e. The van der Waals surface area contributed by atoms with Gasteiger partial charge in [0, 0.05) is 43.6 Å². The Hall–Kier alpha value is -1.29. The normalized spacial score (nSPS) is 17.8. The van der Waals surface area contributed by atoms with E-state index in [0.717, 1.165) is 31.9 Å². The average molecular weight is 237 g/mol. The maximum atomic E-state index is 13.3. The van der Waals surface area contributed by atoms with E-state index in [-0.39, 0.29) is 5.82 Å². The molecule has 4 heteroatoms. The molecular formula is C13H20FN3. The van der Waals surface area contributed by atoms with Gasteiger partial charge in [-0.1, -0.05) is 0 Å². The molecule has 1 heterocycles. The predicted octanol–water partition coefficient (Wildman–Crippen LogP) is 1.94. The van der Waals surface area contributed by atoms with Crippen LogP contribution in [-0.2, 0) is 0 Å². The van der Waals surface area contributed by atoms with Crippen molar-refractivity contribution < 1.29 is 4.39 Å². The maximum Gasteiger partial charge on any atom is 0.127 e. The summed E-state index contributed by atoms with van der Waals surface area (Å²) in [6.45, 7) is 8.32. The third-order valence-electron chi connectivity index (χ3n) is 3.31. The summed E-state index contributed by atoms with van der Waals surface area (Å²) in [4.78, 5) is 4.62. The monoisotopic (exact) mass is 237 g/mol. The highest BCUT2D eigenvalue weighted by Gasteiger charge is 2.19. The van der Waals surface area contributed by atoms with Gasteiger partial charge < -0.3 is 10.6 Å². The summed E-state index contributed by atoms with van der Waals surface area (Å²) in [5.41, 5.74) is 7.05. The second-order valence-corrected chi connectivity index (χ2v) is 4.86. The number of benzene rings is 1. The zero-order valence-electron chi connectivity index (χ0n) is 10.5. The Bertz CT molecular complexity index is 364. The molecule has 0 spiro atoms. The predicted molar refractivity (Wildman–Crippen MR) is 69.7 cm³/mol. The standard InChI is InChI=1S/C13H20FN3/c1-10(2)16-3-5-17(6-4-16)13-8-11(14)7-12(15)9-13/h7-10H,3-6,15H2,1-2H3. The molecular weight excluding hydrogens is 217 g/mol. The van der Waals surface area contributed by atoms with Gasteiger partial charge in [-0.2, -0.15) is 0 Å². The van der Waals surface area contributed by atoms with Crippen molar-refractivity contribution in [3.63, 3.8) is 0 Å². The fourth-order valence-electron chi connectivity index (χ4n) is 2.28. The van der Waals surface area contributed by atoms with Gasteiger partial charge in [-0.05, 0) is 32.0 Å². The van der Waals surface area contributed by atoms with Crippen molar-refractivity contribution in [2.75, 3.05) is 36.8 Å². The molecule has 1 aromatic rings. The van der Waals surface area contributed by atoms with Gasteiger partial charge in [-0.3, -0.25) is 4.90 Å². The van der Waals surface area contributed by atoms with Crippen LogP contribution in [0.4, 0.5) is 15.8 Å². The number of nitrogens with zero attached hydrogens (tertiary/aromatic N) is 2. The van der Waals surface area contributed by atoms with Crippen molar-refractivity contribution in [1.82, 2.24) is 4.90 Å². The number of piperazine rings is 1. The first-order chi connectivity index (χ1) is 8.06. The minimum atomic E-state index is -0.258. The van der Waals surface area contributed by atoms with Gasteiger partial charge in [0.15, 0.2) is 0 Å². The van der Waals surface area contributed by atoms with E-state index in [1.54, 1.807) is 6.07 Å². The molecule has 1 aliphatic heterocycles. The van der Waals surface area contributed by atoms with E-state index in [0.29, 0.717) is 11.7 Å². The van der Waals surface area contributed by atoms with Crippen LogP contribution >= 0.6 is 0 Å². The summed E-state index contributed by atoms with van der Waals surface area (Å²) >= 11 is 0. The fourth-order valence-corrected chi connectivity index (χ4v) is 2.28. The van der Waals surface area contributed by atoms with E-state index in [1.807, 2.05) is 6.07 Å². The molecule has 2 N–H and O–H groups in total. The fraction of sp³-hybridized carbons (Fsp3) is 0.538. The van der Waals surface area contributed by atoms with Crippen LogP contribution in [0.15, 0.2) is 18.2 Å². The zero-order valence-corrected chi connectivity index (χ0v) is 10.5. The van der Waals surface area contributed by atoms with Gasteiger partial charge in [-0.25, -0.2) is 4.39 Å². The number of halogens is 1. The highest BCUT2D eigenvalue weighted by atomic mass is 19.1. The third kappa shape index (κ3) is 2.88. The number of hydrogen-bond donors (Lipinski definition) is 1. The lowest BCUT2D eigenvalue weighted by atomic mass is 10.2. The summed E-state index contributed by atoms with van der Waals surface area (Å²) in [5, 5.41) is 0. The van der Waals surface area contributed by atoms with Crippen LogP contribution in [0.5, 0.6) is 0 Å². The molecule has 94 valence electrons. The van der Waals surface area contributed by atoms with Crippen LogP contribution in [0.1, 0.15) is 13.8 Å². The number of hydrogen-bond acceptors (Lipinski definition) is 3. The van der Waals surface area contributed by atoms with Gasteiger partial charge >= 0.3 is 0 Å². The molecule has 17 heavy (non-hydrogen) atoms. The highest BCUT2D eigenvalue weighted by molar-refractivity contribution is 5.56. The summed E-state index contributed by atoms with van der Waals surface area (Å²) in [5.74, 6) is -0.258. The van der Waals surface area contributed by atoms with Crippen molar-refractivity contribution in [1.29, 1.82) is 0 Å². The number of anilines is 2. The van der Waals surface area contributed by atoms with Crippen LogP contribution in [0, 0.1) is 5.82 Å². The molecule has 1 saturated heterocycles. The summed E-state index contributed by atoms with van der Waals surface area (Å²) in [6.07, 6.45) is 0. The van der Waals surface area contributed by atoms with Gasteiger partial charge in [-0.15, -0.1) is 0 Å². The summed E-state index contributed by atoms with van der Waals surface area (Å²) < 4.78 is 13.3. The molecule has 1 fully saturated rings. The van der Waals surface area contributed by atoms with E-state index in [2.05, 4.69) is 23.6 Å². The maximum absolute atomic E-state index is 13.3. The molecule has 3 nitrogen and oxygen atoms in total. The molecule has 0 aromatic heterocycles. The van der Waals surface area contributed by atoms with Crippen molar-refractivity contribution >= 4 is 11.4 Å². The molecule has 1 aliphatic rings. The molecule has 0 radical (unpaired) electrons. The summed E-state index contributed by atoms with van der Waals surface area (Å²) in [6, 6.07) is 5.33. The Morgan fingerprint density at radius 1 is 1.12 bits per heavy atom. The zero-order chi connectivity index (χ0) is 12.4. The van der Waals surface area contributed by atoms with Gasteiger partial charge in [0.1, 0.15) is 5.82 Å². The van der Waals surface area contributed by atoms with Crippen LogP contribution < -0.4 is 10.6 Å². The van der Waals surface area contributed by atoms with E-state index in [1.165, 1.54) is 6.07 Å². The van der Waals surface area contributed by atoms with Crippen molar-refractivity contribution in [2.24, 2.45) is 0 Å². The van der Waals surface area contributed by atoms with Crippen LogP contribution in [-0.4, -0.2) is 37.1 Å². The van der Waals surface area contributed by atoms with Gasteiger partial charge in [0.05, 0.1) is 0 Å². The SMILES string of the molecule is CC(C)N1CCN(c2cc(N)cc(F)c2)CC1. The molecule has 0 amide bonds. The molecule has 0 bridgehead atoms. The third-order valence-corrected chi connectivity index (χ3v) is 3.31. The minimum absolute atomic E-state index is 0.258. The first-order valence-corrected chi connectivity index (χ1v) is 6.11. The average Bonchev–Trinajstić information content (AvgIpc) is 2.28. The van der Waals surface area contributed by atoms with Crippen molar-refractivity contribution in [2.45, 2.75) is 19.9 Å². The minimum Gasteiger partial charge on any atom is -0.399 e. The second kappa shape index (κ2) is 4.92. The molecule has 1 aromatic carbocycles. The lowest BCUT2D eigenvalue weighted by Gasteiger charge is -2.38. The number of nitrogen functional groups attached to an aromatic ring is 1. The molecule has 0 unspecified atom stereocenters. The van der Waals surface area contributed by atoms with Gasteiger partial charge in [0.2, 0.25) is 0 Å². The van der Waals surface area contributed by atoms with E-state index in [4.69, 9.17) is 5.73 Å². The molecule has 0 saturated carbocycles. The number of nitrogens with two attached hydrogens (primary N) is 1. The Kier molecular flexibility index (Phi) is 3.52. The first-order valence-electron chi connectivity index (χ1n) is 6.11. The lowest BCUT2D eigenvalue weighted by Crippen LogP contribution is -2.48. The molecule has 0 atom stereocenters. The molecule has 0 aliphatic carbocycles. The Balaban J connectivity index is 2.05. The summed E-state index contributed by atoms with van der Waals surface area (Å²) in [7, 11) is 0. The molecule has 2 rings (SSSR count). The highest BCUT2D eigenvalue weighted by Crippen LogP contribution is 2.21. The smallest absolute Gasteiger partial charge is 0.127 e. The Labute approximate surface area is 102 Å².